The number of hydrogen-bond acceptors (Lipinski definition) is 4. The highest BCUT2D eigenvalue weighted by Gasteiger charge is 2.37. The van der Waals surface area contributed by atoms with E-state index in [2.05, 4.69) is 9.97 Å². The molecule has 8 heteroatoms. The Hall–Kier alpha value is -1.70. The van der Waals surface area contributed by atoms with Crippen LogP contribution < -0.4 is 0 Å². The van der Waals surface area contributed by atoms with Crippen molar-refractivity contribution in [3.63, 3.8) is 0 Å². The SMILES string of the molecule is COC(C)(C)c1cc(C(=O)O)nc(C(F)(F)F)n1. The fourth-order valence-corrected chi connectivity index (χ4v) is 1.10. The molecule has 0 unspecified atom stereocenters. The molecule has 0 spiro atoms. The van der Waals surface area contributed by atoms with Gasteiger partial charge in [-0.3, -0.25) is 0 Å². The molecule has 1 aromatic rings. The third kappa shape index (κ3) is 2.95. The second-order valence-electron chi connectivity index (χ2n) is 3.98. The van der Waals surface area contributed by atoms with Crippen LogP contribution in [-0.2, 0) is 16.5 Å². The fourth-order valence-electron chi connectivity index (χ4n) is 1.10. The summed E-state index contributed by atoms with van der Waals surface area (Å²) in [6.07, 6.45) is -4.82. The number of hydrogen-bond donors (Lipinski definition) is 1. The van der Waals surface area contributed by atoms with Crippen molar-refractivity contribution >= 4 is 5.97 Å². The van der Waals surface area contributed by atoms with Crippen LogP contribution in [0.1, 0.15) is 35.9 Å². The Morgan fingerprint density at radius 3 is 2.28 bits per heavy atom. The van der Waals surface area contributed by atoms with Crippen molar-refractivity contribution in [1.29, 1.82) is 0 Å². The minimum Gasteiger partial charge on any atom is -0.477 e. The highest BCUT2D eigenvalue weighted by molar-refractivity contribution is 5.85. The van der Waals surface area contributed by atoms with Crippen molar-refractivity contribution in [2.75, 3.05) is 7.11 Å². The van der Waals surface area contributed by atoms with Gasteiger partial charge in [-0.05, 0) is 19.9 Å². The van der Waals surface area contributed by atoms with Gasteiger partial charge in [-0.15, -0.1) is 0 Å². The smallest absolute Gasteiger partial charge is 0.451 e. The number of carboxylic acids is 1. The molecule has 18 heavy (non-hydrogen) atoms. The van der Waals surface area contributed by atoms with E-state index in [0.717, 1.165) is 6.07 Å². The Labute approximate surface area is 101 Å². The number of ether oxygens (including phenoxy) is 1. The second-order valence-corrected chi connectivity index (χ2v) is 3.98. The molecule has 100 valence electrons. The zero-order valence-corrected chi connectivity index (χ0v) is 9.87. The van der Waals surface area contributed by atoms with Gasteiger partial charge in [0.15, 0.2) is 5.69 Å². The lowest BCUT2D eigenvalue weighted by molar-refractivity contribution is -0.145. The summed E-state index contributed by atoms with van der Waals surface area (Å²) in [6.45, 7) is 2.95. The quantitative estimate of drug-likeness (QED) is 0.904. The molecule has 0 atom stereocenters. The number of nitrogens with zero attached hydrogens (tertiary/aromatic N) is 2. The molecule has 5 nitrogen and oxygen atoms in total. The topological polar surface area (TPSA) is 72.3 Å². The van der Waals surface area contributed by atoms with Gasteiger partial charge in [0.2, 0.25) is 5.82 Å². The Kier molecular flexibility index (Phi) is 3.61. The molecule has 0 saturated carbocycles. The van der Waals surface area contributed by atoms with E-state index < -0.39 is 29.3 Å². The first-order valence-electron chi connectivity index (χ1n) is 4.83. The van der Waals surface area contributed by atoms with Crippen LogP contribution >= 0.6 is 0 Å². The highest BCUT2D eigenvalue weighted by Crippen LogP contribution is 2.29. The lowest BCUT2D eigenvalue weighted by Crippen LogP contribution is -2.25. The van der Waals surface area contributed by atoms with E-state index in [1.54, 1.807) is 0 Å². The van der Waals surface area contributed by atoms with Crippen molar-refractivity contribution in [3.05, 3.63) is 23.3 Å². The summed E-state index contributed by atoms with van der Waals surface area (Å²) in [6, 6.07) is 0.959. The molecule has 1 N–H and O–H groups in total. The Morgan fingerprint density at radius 2 is 1.89 bits per heavy atom. The first-order chi connectivity index (χ1) is 8.08. The van der Waals surface area contributed by atoms with E-state index in [1.807, 2.05) is 0 Å². The lowest BCUT2D eigenvalue weighted by atomic mass is 10.0. The number of halogens is 3. The number of rotatable bonds is 3. The van der Waals surface area contributed by atoms with Crippen LogP contribution in [0.25, 0.3) is 0 Å². The maximum atomic E-state index is 12.5. The van der Waals surface area contributed by atoms with Crippen molar-refractivity contribution in [1.82, 2.24) is 9.97 Å². The average Bonchev–Trinajstić information content (AvgIpc) is 2.27. The molecule has 0 aliphatic rings. The van der Waals surface area contributed by atoms with E-state index in [0.29, 0.717) is 0 Å². The van der Waals surface area contributed by atoms with Gasteiger partial charge in [-0.25, -0.2) is 14.8 Å². The molecule has 1 aromatic heterocycles. The normalized spacial score (nSPS) is 12.6. The van der Waals surface area contributed by atoms with Crippen molar-refractivity contribution in [3.8, 4) is 0 Å². The Bertz CT molecular complexity index is 472. The highest BCUT2D eigenvalue weighted by atomic mass is 19.4. The van der Waals surface area contributed by atoms with Crippen LogP contribution in [0, 0.1) is 0 Å². The molecular weight excluding hydrogens is 253 g/mol. The van der Waals surface area contributed by atoms with E-state index in [4.69, 9.17) is 9.84 Å². The Morgan fingerprint density at radius 1 is 1.33 bits per heavy atom. The predicted octanol–water partition coefficient (Wildman–Crippen LogP) is 2.08. The molecular formula is C10H11F3N2O3. The van der Waals surface area contributed by atoms with Crippen molar-refractivity contribution < 1.29 is 27.8 Å². The minimum absolute atomic E-state index is 0.148. The van der Waals surface area contributed by atoms with E-state index >= 15 is 0 Å². The summed E-state index contributed by atoms with van der Waals surface area (Å²) < 4.78 is 42.6. The summed E-state index contributed by atoms with van der Waals surface area (Å²) in [5.74, 6) is -3.06. The maximum absolute atomic E-state index is 12.5. The van der Waals surface area contributed by atoms with Gasteiger partial charge < -0.3 is 9.84 Å². The van der Waals surface area contributed by atoms with Gasteiger partial charge in [-0.1, -0.05) is 0 Å². The van der Waals surface area contributed by atoms with Crippen molar-refractivity contribution in [2.45, 2.75) is 25.6 Å². The van der Waals surface area contributed by atoms with E-state index in [-0.39, 0.29) is 5.69 Å². The van der Waals surface area contributed by atoms with Crippen LogP contribution in [0.2, 0.25) is 0 Å². The largest absolute Gasteiger partial charge is 0.477 e. The third-order valence-electron chi connectivity index (χ3n) is 2.33. The van der Waals surface area contributed by atoms with Gasteiger partial charge in [0.05, 0.1) is 5.69 Å². The monoisotopic (exact) mass is 264 g/mol. The van der Waals surface area contributed by atoms with Crippen LogP contribution in [0.15, 0.2) is 6.07 Å². The molecule has 0 amide bonds. The third-order valence-corrected chi connectivity index (χ3v) is 2.33. The number of alkyl halides is 3. The van der Waals surface area contributed by atoms with Gasteiger partial charge in [-0.2, -0.15) is 13.2 Å². The summed E-state index contributed by atoms with van der Waals surface area (Å²) in [4.78, 5) is 17.0. The number of carboxylic acid groups (broad SMARTS) is 1. The molecule has 1 rings (SSSR count). The Balaban J connectivity index is 3.46. The minimum atomic E-state index is -4.82. The molecule has 0 aromatic carbocycles. The van der Waals surface area contributed by atoms with Gasteiger partial charge in [0.25, 0.3) is 0 Å². The van der Waals surface area contributed by atoms with Gasteiger partial charge >= 0.3 is 12.1 Å². The molecule has 0 saturated heterocycles. The number of carbonyl (C=O) groups is 1. The fraction of sp³-hybridized carbons (Fsp3) is 0.500. The zero-order valence-electron chi connectivity index (χ0n) is 9.87. The number of aromatic nitrogens is 2. The lowest BCUT2D eigenvalue weighted by Gasteiger charge is -2.23. The van der Waals surface area contributed by atoms with Crippen LogP contribution in [-0.4, -0.2) is 28.2 Å². The number of aromatic carboxylic acids is 1. The second kappa shape index (κ2) is 4.52. The summed E-state index contributed by atoms with van der Waals surface area (Å²) >= 11 is 0. The average molecular weight is 264 g/mol. The van der Waals surface area contributed by atoms with E-state index in [1.165, 1.54) is 21.0 Å². The van der Waals surface area contributed by atoms with E-state index in [9.17, 15) is 18.0 Å². The number of methoxy groups -OCH3 is 1. The van der Waals surface area contributed by atoms with Crippen LogP contribution in [0.5, 0.6) is 0 Å². The predicted molar refractivity (Wildman–Crippen MR) is 54.0 cm³/mol. The first kappa shape index (κ1) is 14.4. The van der Waals surface area contributed by atoms with Crippen molar-refractivity contribution in [2.24, 2.45) is 0 Å². The molecule has 0 aliphatic heterocycles. The summed E-state index contributed by atoms with van der Waals surface area (Å²) in [7, 11) is 1.29. The van der Waals surface area contributed by atoms with Crippen LogP contribution in [0.4, 0.5) is 13.2 Å². The summed E-state index contributed by atoms with van der Waals surface area (Å²) in [5.41, 5.74) is -2.02. The maximum Gasteiger partial charge on any atom is 0.451 e. The molecule has 1 heterocycles. The van der Waals surface area contributed by atoms with Gasteiger partial charge in [0.1, 0.15) is 5.60 Å². The van der Waals surface area contributed by atoms with Gasteiger partial charge in [0, 0.05) is 7.11 Å². The molecule has 0 aliphatic carbocycles. The molecule has 0 bridgehead atoms. The summed E-state index contributed by atoms with van der Waals surface area (Å²) in [5, 5.41) is 8.74. The molecule has 0 radical (unpaired) electrons. The first-order valence-corrected chi connectivity index (χ1v) is 4.83. The van der Waals surface area contributed by atoms with Crippen LogP contribution in [0.3, 0.4) is 0 Å². The molecule has 0 fully saturated rings. The zero-order chi connectivity index (χ0) is 14.1. The standard InChI is InChI=1S/C10H11F3N2O3/c1-9(2,18-3)6-4-5(7(16)17)14-8(15-6)10(11,12)13/h4H,1-3H3,(H,16,17).